The van der Waals surface area contributed by atoms with E-state index in [-0.39, 0.29) is 6.04 Å². The lowest BCUT2D eigenvalue weighted by atomic mass is 10.0. The number of hydrogen-bond acceptors (Lipinski definition) is 3. The van der Waals surface area contributed by atoms with Gasteiger partial charge in [-0.2, -0.15) is 0 Å². The molecule has 64 valence electrons. The Hall–Kier alpha value is -0.930. The van der Waals surface area contributed by atoms with E-state index in [9.17, 15) is 0 Å². The highest BCUT2D eigenvalue weighted by atomic mass is 15.0. The predicted molar refractivity (Wildman–Crippen MR) is 47.8 cm³/mol. The largest absolute Gasteiger partial charge is 0.326 e. The molecule has 2 atom stereocenters. The minimum Gasteiger partial charge on any atom is -0.326 e. The molecule has 12 heavy (non-hydrogen) atoms. The molecule has 3 nitrogen and oxygen atoms in total. The van der Waals surface area contributed by atoms with Gasteiger partial charge in [0.15, 0.2) is 0 Å². The zero-order chi connectivity index (χ0) is 8.39. The first-order valence-corrected chi connectivity index (χ1v) is 4.25. The minimum atomic E-state index is 0.222. The Balaban J connectivity index is 2.19. The number of aromatic nitrogens is 1. The Kier molecular flexibility index (Phi) is 2.06. The molecule has 0 aromatic carbocycles. The monoisotopic (exact) mass is 163 g/mol. The van der Waals surface area contributed by atoms with Crippen molar-refractivity contribution in [1.82, 2.24) is 10.3 Å². The lowest BCUT2D eigenvalue weighted by molar-refractivity contribution is 0.637. The molecule has 3 heteroatoms. The summed E-state index contributed by atoms with van der Waals surface area (Å²) in [5.41, 5.74) is 7.01. The number of nitrogens with two attached hydrogens (primary N) is 1. The molecule has 0 radical (unpaired) electrons. The van der Waals surface area contributed by atoms with E-state index in [0.717, 1.165) is 18.8 Å². The fourth-order valence-corrected chi connectivity index (χ4v) is 1.62. The van der Waals surface area contributed by atoms with Gasteiger partial charge < -0.3 is 11.1 Å². The van der Waals surface area contributed by atoms with E-state index in [2.05, 4.69) is 10.3 Å². The van der Waals surface area contributed by atoms with Gasteiger partial charge in [-0.05, 0) is 12.1 Å². The van der Waals surface area contributed by atoms with Gasteiger partial charge in [0.05, 0.1) is 0 Å². The van der Waals surface area contributed by atoms with Gasteiger partial charge in [-0.3, -0.25) is 4.98 Å². The molecule has 1 fully saturated rings. The Morgan fingerprint density at radius 1 is 1.42 bits per heavy atom. The quantitative estimate of drug-likeness (QED) is 0.617. The summed E-state index contributed by atoms with van der Waals surface area (Å²) < 4.78 is 0. The molecule has 1 aromatic rings. The Morgan fingerprint density at radius 3 is 2.92 bits per heavy atom. The molecule has 1 aliphatic heterocycles. The van der Waals surface area contributed by atoms with Crippen LogP contribution in [-0.4, -0.2) is 24.1 Å². The normalized spacial score (nSPS) is 29.1. The second kappa shape index (κ2) is 3.21. The van der Waals surface area contributed by atoms with Crippen molar-refractivity contribution in [2.75, 3.05) is 13.1 Å². The van der Waals surface area contributed by atoms with Gasteiger partial charge in [-0.25, -0.2) is 0 Å². The Bertz CT molecular complexity index is 247. The van der Waals surface area contributed by atoms with Crippen molar-refractivity contribution < 1.29 is 0 Å². The molecule has 0 unspecified atom stereocenters. The second-order valence-electron chi connectivity index (χ2n) is 3.18. The Morgan fingerprint density at radius 2 is 2.33 bits per heavy atom. The first kappa shape index (κ1) is 7.71. The number of pyridine rings is 1. The van der Waals surface area contributed by atoms with Gasteiger partial charge >= 0.3 is 0 Å². The van der Waals surface area contributed by atoms with Crippen LogP contribution in [0.2, 0.25) is 0 Å². The summed E-state index contributed by atoms with van der Waals surface area (Å²) in [6, 6.07) is 6.20. The lowest BCUT2D eigenvalue weighted by Crippen LogP contribution is -2.27. The first-order valence-electron chi connectivity index (χ1n) is 4.25. The molecule has 0 bridgehead atoms. The number of hydrogen-bond donors (Lipinski definition) is 2. The van der Waals surface area contributed by atoms with Gasteiger partial charge in [0.25, 0.3) is 0 Å². The van der Waals surface area contributed by atoms with Crippen molar-refractivity contribution >= 4 is 0 Å². The summed E-state index contributed by atoms with van der Waals surface area (Å²) in [4.78, 5) is 4.29. The van der Waals surface area contributed by atoms with Gasteiger partial charge in [0.2, 0.25) is 0 Å². The molecular weight excluding hydrogens is 150 g/mol. The van der Waals surface area contributed by atoms with Crippen LogP contribution in [-0.2, 0) is 0 Å². The first-order chi connectivity index (χ1) is 5.88. The van der Waals surface area contributed by atoms with Crippen LogP contribution in [0.4, 0.5) is 0 Å². The summed E-state index contributed by atoms with van der Waals surface area (Å²) in [6.45, 7) is 1.86. The lowest BCUT2D eigenvalue weighted by Gasteiger charge is -2.12. The average molecular weight is 163 g/mol. The average Bonchev–Trinajstić information content (AvgIpc) is 2.53. The van der Waals surface area contributed by atoms with Crippen LogP contribution in [0.1, 0.15) is 11.6 Å². The van der Waals surface area contributed by atoms with Crippen LogP contribution >= 0.6 is 0 Å². The van der Waals surface area contributed by atoms with Crippen LogP contribution < -0.4 is 11.1 Å². The van der Waals surface area contributed by atoms with Crippen molar-refractivity contribution in [2.45, 2.75) is 12.0 Å². The molecule has 0 saturated carbocycles. The van der Waals surface area contributed by atoms with E-state index in [0.29, 0.717) is 5.92 Å². The molecule has 0 aliphatic carbocycles. The third-order valence-electron chi connectivity index (χ3n) is 2.33. The van der Waals surface area contributed by atoms with Gasteiger partial charge in [-0.15, -0.1) is 0 Å². The maximum absolute atomic E-state index is 5.91. The Labute approximate surface area is 72.0 Å². The maximum atomic E-state index is 5.91. The number of nitrogens with zero attached hydrogens (tertiary/aromatic N) is 1. The third-order valence-corrected chi connectivity index (χ3v) is 2.33. The zero-order valence-corrected chi connectivity index (χ0v) is 6.90. The van der Waals surface area contributed by atoms with E-state index < -0.39 is 0 Å². The third kappa shape index (κ3) is 1.33. The minimum absolute atomic E-state index is 0.222. The zero-order valence-electron chi connectivity index (χ0n) is 6.90. The summed E-state index contributed by atoms with van der Waals surface area (Å²) in [5.74, 6) is 0.395. The molecular formula is C9H13N3. The molecule has 1 aliphatic rings. The standard InChI is InChI=1S/C9H13N3/c10-8-6-11-5-7(8)9-3-1-2-4-12-9/h1-4,7-8,11H,5-6,10H2/t7-,8-/m1/s1. The van der Waals surface area contributed by atoms with Gasteiger partial charge in [0, 0.05) is 36.9 Å². The molecule has 0 spiro atoms. The van der Waals surface area contributed by atoms with Gasteiger partial charge in [-0.1, -0.05) is 6.07 Å². The molecule has 3 N–H and O–H groups in total. The fraction of sp³-hybridized carbons (Fsp3) is 0.444. The summed E-state index contributed by atoms with van der Waals surface area (Å²) in [6.07, 6.45) is 1.82. The van der Waals surface area contributed by atoms with E-state index in [1.807, 2.05) is 24.4 Å². The molecule has 0 amide bonds. The summed E-state index contributed by atoms with van der Waals surface area (Å²) in [7, 11) is 0. The van der Waals surface area contributed by atoms with Crippen LogP contribution in [0.25, 0.3) is 0 Å². The van der Waals surface area contributed by atoms with Crippen LogP contribution in [0.15, 0.2) is 24.4 Å². The van der Waals surface area contributed by atoms with E-state index in [1.54, 1.807) is 0 Å². The van der Waals surface area contributed by atoms with Crippen molar-refractivity contribution in [3.63, 3.8) is 0 Å². The highest BCUT2D eigenvalue weighted by Crippen LogP contribution is 2.18. The smallest absolute Gasteiger partial charge is 0.0463 e. The summed E-state index contributed by atoms with van der Waals surface area (Å²) in [5, 5.41) is 3.26. The van der Waals surface area contributed by atoms with E-state index >= 15 is 0 Å². The SMILES string of the molecule is N[C@@H]1CNC[C@H]1c1ccccn1. The topological polar surface area (TPSA) is 50.9 Å². The van der Waals surface area contributed by atoms with Crippen molar-refractivity contribution in [3.8, 4) is 0 Å². The van der Waals surface area contributed by atoms with E-state index in [1.165, 1.54) is 0 Å². The molecule has 1 aromatic heterocycles. The second-order valence-corrected chi connectivity index (χ2v) is 3.18. The highest BCUT2D eigenvalue weighted by Gasteiger charge is 2.25. The maximum Gasteiger partial charge on any atom is 0.0463 e. The predicted octanol–water partition coefficient (Wildman–Crippen LogP) is 0.0957. The molecule has 2 heterocycles. The number of rotatable bonds is 1. The van der Waals surface area contributed by atoms with Crippen LogP contribution in [0.5, 0.6) is 0 Å². The van der Waals surface area contributed by atoms with E-state index in [4.69, 9.17) is 5.73 Å². The summed E-state index contributed by atoms with van der Waals surface area (Å²) >= 11 is 0. The van der Waals surface area contributed by atoms with Crippen LogP contribution in [0, 0.1) is 0 Å². The van der Waals surface area contributed by atoms with Gasteiger partial charge in [0.1, 0.15) is 0 Å². The van der Waals surface area contributed by atoms with Crippen molar-refractivity contribution in [2.24, 2.45) is 5.73 Å². The van der Waals surface area contributed by atoms with Crippen LogP contribution in [0.3, 0.4) is 0 Å². The highest BCUT2D eigenvalue weighted by molar-refractivity contribution is 5.14. The number of nitrogens with one attached hydrogen (secondary N) is 1. The molecule has 1 saturated heterocycles. The fourth-order valence-electron chi connectivity index (χ4n) is 1.62. The van der Waals surface area contributed by atoms with Crippen molar-refractivity contribution in [1.29, 1.82) is 0 Å². The van der Waals surface area contributed by atoms with Crippen molar-refractivity contribution in [3.05, 3.63) is 30.1 Å². The molecule has 2 rings (SSSR count).